The van der Waals surface area contributed by atoms with Gasteiger partial charge in [0.1, 0.15) is 11.9 Å². The molecular weight excluding hydrogens is 457 g/mol. The summed E-state index contributed by atoms with van der Waals surface area (Å²) in [5, 5.41) is 9.81. The molecule has 0 radical (unpaired) electrons. The monoisotopic (exact) mass is 483 g/mol. The van der Waals surface area contributed by atoms with Gasteiger partial charge in [-0.1, -0.05) is 6.07 Å². The minimum atomic E-state index is -3.60. The van der Waals surface area contributed by atoms with E-state index in [0.29, 0.717) is 36.0 Å². The Bertz CT molecular complexity index is 1370. The molecule has 2 aromatic rings. The van der Waals surface area contributed by atoms with Gasteiger partial charge < -0.3 is 4.74 Å². The summed E-state index contributed by atoms with van der Waals surface area (Å²) in [6.45, 7) is 5.20. The molecule has 0 N–H and O–H groups in total. The van der Waals surface area contributed by atoms with Crippen molar-refractivity contribution in [1.82, 2.24) is 0 Å². The lowest BCUT2D eigenvalue weighted by molar-refractivity contribution is -0.159. The number of hydrogen-bond donors (Lipinski definition) is 0. The molecule has 0 fully saturated rings. The van der Waals surface area contributed by atoms with Crippen LogP contribution in [-0.4, -0.2) is 26.4 Å². The molecule has 8 heteroatoms. The van der Waals surface area contributed by atoms with Gasteiger partial charge in [0, 0.05) is 29.7 Å². The number of fused-ring (bicyclic) bond motifs is 2. The SMILES string of the molecule is CC(C)(C)C(=O)O[C@@H]1CC[C@H](c2ccc(S(C)(=O)=O)c3c2CCC3=O)c2c(C#N)cc(F)cc21. The number of carbonyl (C=O) groups excluding carboxylic acids is 2. The lowest BCUT2D eigenvalue weighted by Gasteiger charge is -2.34. The van der Waals surface area contributed by atoms with Crippen LogP contribution in [-0.2, 0) is 25.8 Å². The van der Waals surface area contributed by atoms with Crippen molar-refractivity contribution in [3.63, 3.8) is 0 Å². The highest BCUT2D eigenvalue weighted by Crippen LogP contribution is 2.47. The maximum Gasteiger partial charge on any atom is 0.311 e. The van der Waals surface area contributed by atoms with Gasteiger partial charge in [-0.05, 0) is 74.9 Å². The summed E-state index contributed by atoms with van der Waals surface area (Å²) >= 11 is 0. The van der Waals surface area contributed by atoms with Gasteiger partial charge in [-0.2, -0.15) is 5.26 Å². The van der Waals surface area contributed by atoms with Crippen LogP contribution >= 0.6 is 0 Å². The van der Waals surface area contributed by atoms with Crippen LogP contribution in [0.2, 0.25) is 0 Å². The van der Waals surface area contributed by atoms with Crippen LogP contribution in [0.4, 0.5) is 4.39 Å². The Morgan fingerprint density at radius 3 is 2.47 bits per heavy atom. The summed E-state index contributed by atoms with van der Waals surface area (Å²) in [5.74, 6) is -1.60. The number of ketones is 1. The standard InChI is InChI=1S/C26H26FNO5S/c1-26(2,3)25(30)33-21-9-6-17(23-14(13-28)11-15(27)12-19(21)23)16-7-10-22(34(4,31)32)24-18(16)5-8-20(24)29/h7,10-12,17,21H,5-6,8-9H2,1-4H3/t17-,21-/m1/s1. The van der Waals surface area contributed by atoms with Gasteiger partial charge in [0.15, 0.2) is 15.6 Å². The van der Waals surface area contributed by atoms with Gasteiger partial charge in [0.2, 0.25) is 0 Å². The molecule has 0 bridgehead atoms. The van der Waals surface area contributed by atoms with E-state index in [2.05, 4.69) is 6.07 Å². The van der Waals surface area contributed by atoms with E-state index in [1.165, 1.54) is 12.1 Å². The summed E-state index contributed by atoms with van der Waals surface area (Å²) in [6, 6.07) is 7.69. The molecule has 178 valence electrons. The fourth-order valence-electron chi connectivity index (χ4n) is 4.96. The molecule has 0 aromatic heterocycles. The number of esters is 1. The summed E-state index contributed by atoms with van der Waals surface area (Å²) in [7, 11) is -3.60. The van der Waals surface area contributed by atoms with Crippen molar-refractivity contribution in [2.24, 2.45) is 5.41 Å². The number of benzene rings is 2. The average molecular weight is 484 g/mol. The van der Waals surface area contributed by atoms with E-state index in [-0.39, 0.29) is 34.1 Å². The van der Waals surface area contributed by atoms with Crippen LogP contribution in [0.1, 0.15) is 90.2 Å². The maximum absolute atomic E-state index is 14.5. The van der Waals surface area contributed by atoms with Crippen molar-refractivity contribution >= 4 is 21.6 Å². The Labute approximate surface area is 198 Å². The lowest BCUT2D eigenvalue weighted by Crippen LogP contribution is -2.28. The van der Waals surface area contributed by atoms with Crippen molar-refractivity contribution in [2.45, 2.75) is 63.4 Å². The van der Waals surface area contributed by atoms with E-state index in [1.807, 2.05) is 0 Å². The largest absolute Gasteiger partial charge is 0.457 e. The van der Waals surface area contributed by atoms with Gasteiger partial charge in [-0.3, -0.25) is 9.59 Å². The lowest BCUT2D eigenvalue weighted by atomic mass is 9.74. The molecule has 6 nitrogen and oxygen atoms in total. The smallest absolute Gasteiger partial charge is 0.311 e. The van der Waals surface area contributed by atoms with Gasteiger partial charge in [-0.15, -0.1) is 0 Å². The number of hydrogen-bond acceptors (Lipinski definition) is 6. The van der Waals surface area contributed by atoms with E-state index < -0.39 is 33.1 Å². The van der Waals surface area contributed by atoms with E-state index in [1.54, 1.807) is 26.8 Å². The number of rotatable bonds is 3. The van der Waals surface area contributed by atoms with Crippen molar-refractivity contribution < 1.29 is 27.1 Å². The van der Waals surface area contributed by atoms with Crippen LogP contribution in [0.5, 0.6) is 0 Å². The number of nitriles is 1. The first-order valence-corrected chi connectivity index (χ1v) is 13.1. The highest BCUT2D eigenvalue weighted by atomic mass is 32.2. The molecule has 0 heterocycles. The van der Waals surface area contributed by atoms with Crippen molar-refractivity contribution in [3.05, 3.63) is 63.5 Å². The number of sulfone groups is 1. The van der Waals surface area contributed by atoms with Crippen LogP contribution in [0.25, 0.3) is 0 Å². The normalized spacial score (nSPS) is 19.8. The highest BCUT2D eigenvalue weighted by molar-refractivity contribution is 7.90. The molecule has 2 aliphatic carbocycles. The quantitative estimate of drug-likeness (QED) is 0.582. The third-order valence-corrected chi connectivity index (χ3v) is 7.68. The zero-order valence-corrected chi connectivity index (χ0v) is 20.4. The van der Waals surface area contributed by atoms with Gasteiger partial charge in [0.05, 0.1) is 21.9 Å². The summed E-state index contributed by atoms with van der Waals surface area (Å²) in [5.41, 5.74) is 2.06. The van der Waals surface area contributed by atoms with Crippen LogP contribution in [0.3, 0.4) is 0 Å². The Hall–Kier alpha value is -3.05. The van der Waals surface area contributed by atoms with Crippen LogP contribution in [0, 0.1) is 22.6 Å². The minimum absolute atomic E-state index is 0.0152. The number of nitrogens with zero attached hydrogens (tertiary/aromatic N) is 1. The third-order valence-electron chi connectivity index (χ3n) is 6.54. The highest BCUT2D eigenvalue weighted by Gasteiger charge is 2.38. The molecule has 0 unspecified atom stereocenters. The van der Waals surface area contributed by atoms with Gasteiger partial charge in [0.25, 0.3) is 0 Å². The first-order valence-electron chi connectivity index (χ1n) is 11.2. The van der Waals surface area contributed by atoms with Gasteiger partial charge >= 0.3 is 5.97 Å². The summed E-state index contributed by atoms with van der Waals surface area (Å²) < 4.78 is 44.8. The van der Waals surface area contributed by atoms with E-state index >= 15 is 0 Å². The third kappa shape index (κ3) is 4.14. The molecule has 2 aliphatic rings. The van der Waals surface area contributed by atoms with E-state index in [9.17, 15) is 27.7 Å². The molecule has 4 rings (SSSR count). The van der Waals surface area contributed by atoms with Crippen LogP contribution in [0.15, 0.2) is 29.2 Å². The Balaban J connectivity index is 1.89. The van der Waals surface area contributed by atoms with E-state index in [4.69, 9.17) is 4.74 Å². The molecular formula is C26H26FNO5S. The maximum atomic E-state index is 14.5. The second-order valence-electron chi connectivity index (χ2n) is 10.0. The predicted molar refractivity (Wildman–Crippen MR) is 123 cm³/mol. The van der Waals surface area contributed by atoms with Crippen LogP contribution < -0.4 is 0 Å². The minimum Gasteiger partial charge on any atom is -0.457 e. The molecule has 0 saturated heterocycles. The van der Waals surface area contributed by atoms with Crippen molar-refractivity contribution in [1.29, 1.82) is 5.26 Å². The molecule has 2 atom stereocenters. The Morgan fingerprint density at radius 2 is 1.85 bits per heavy atom. The number of carbonyl (C=O) groups is 2. The number of ether oxygens (including phenoxy) is 1. The average Bonchev–Trinajstić information content (AvgIpc) is 3.13. The fraction of sp³-hybridized carbons (Fsp3) is 0.423. The summed E-state index contributed by atoms with van der Waals surface area (Å²) in [4.78, 5) is 25.2. The zero-order chi connectivity index (χ0) is 25.0. The molecule has 0 amide bonds. The molecule has 2 aromatic carbocycles. The Morgan fingerprint density at radius 1 is 1.15 bits per heavy atom. The first-order chi connectivity index (χ1) is 15.8. The van der Waals surface area contributed by atoms with E-state index in [0.717, 1.165) is 17.9 Å². The second kappa shape index (κ2) is 8.31. The Kier molecular flexibility index (Phi) is 5.89. The number of halogens is 1. The fourth-order valence-corrected chi connectivity index (χ4v) is 5.88. The van der Waals surface area contributed by atoms with Gasteiger partial charge in [-0.25, -0.2) is 12.8 Å². The molecule has 0 spiro atoms. The number of Topliss-reactive ketones (excluding diaryl/α,β-unsaturated/α-hetero) is 1. The molecule has 0 saturated carbocycles. The second-order valence-corrected chi connectivity index (χ2v) is 12.0. The predicted octanol–water partition coefficient (Wildman–Crippen LogP) is 4.79. The summed E-state index contributed by atoms with van der Waals surface area (Å²) in [6.07, 6.45) is 1.90. The molecule has 0 aliphatic heterocycles. The first kappa shape index (κ1) is 24.1. The van der Waals surface area contributed by atoms with Crippen molar-refractivity contribution in [2.75, 3.05) is 6.26 Å². The zero-order valence-electron chi connectivity index (χ0n) is 19.6. The molecule has 34 heavy (non-hydrogen) atoms. The topological polar surface area (TPSA) is 101 Å². The van der Waals surface area contributed by atoms with Crippen molar-refractivity contribution in [3.8, 4) is 6.07 Å².